The van der Waals surface area contributed by atoms with Crippen LogP contribution in [0, 0.1) is 0 Å². The van der Waals surface area contributed by atoms with Crippen LogP contribution in [0.15, 0.2) is 29.6 Å². The number of thiophene rings is 2. The molecule has 0 fully saturated rings. The second-order valence-corrected chi connectivity index (χ2v) is 6.26. The van der Waals surface area contributed by atoms with Crippen molar-refractivity contribution < 1.29 is 0 Å². The monoisotopic (exact) mass is 236 g/mol. The van der Waals surface area contributed by atoms with E-state index in [0.29, 0.717) is 11.8 Å². The molecule has 0 aromatic carbocycles. The molecule has 0 N–H and O–H groups in total. The minimum atomic E-state index is 0.558. The summed E-state index contributed by atoms with van der Waals surface area (Å²) in [6, 6.07) is 8.91. The van der Waals surface area contributed by atoms with Gasteiger partial charge in [-0.1, -0.05) is 26.8 Å². The quantitative estimate of drug-likeness (QED) is 0.696. The van der Waals surface area contributed by atoms with Crippen LogP contribution in [0.25, 0.3) is 0 Å². The third-order valence-electron chi connectivity index (χ3n) is 2.61. The Morgan fingerprint density at radius 1 is 0.933 bits per heavy atom. The van der Waals surface area contributed by atoms with E-state index in [1.54, 1.807) is 0 Å². The molecule has 1 unspecified atom stereocenters. The van der Waals surface area contributed by atoms with Crippen molar-refractivity contribution in [1.29, 1.82) is 0 Å². The molecule has 0 spiro atoms. The zero-order valence-corrected chi connectivity index (χ0v) is 11.0. The van der Waals surface area contributed by atoms with Gasteiger partial charge in [0.15, 0.2) is 0 Å². The molecule has 2 heteroatoms. The molecule has 80 valence electrons. The Hall–Kier alpha value is -0.600. The highest BCUT2D eigenvalue weighted by molar-refractivity contribution is 7.13. The Kier molecular flexibility index (Phi) is 3.27. The molecule has 2 heterocycles. The highest BCUT2D eigenvalue weighted by Crippen LogP contribution is 2.34. The van der Waals surface area contributed by atoms with Crippen LogP contribution < -0.4 is 0 Å². The molecular weight excluding hydrogens is 220 g/mol. The Morgan fingerprint density at radius 2 is 1.67 bits per heavy atom. The van der Waals surface area contributed by atoms with E-state index in [-0.39, 0.29) is 0 Å². The van der Waals surface area contributed by atoms with E-state index < -0.39 is 0 Å². The molecule has 0 aliphatic rings. The SMILES string of the molecule is CC(C)c1ccc(C(C)c2cccs2)s1. The zero-order valence-electron chi connectivity index (χ0n) is 9.36. The van der Waals surface area contributed by atoms with E-state index in [0.717, 1.165) is 0 Å². The van der Waals surface area contributed by atoms with Gasteiger partial charge in [0.25, 0.3) is 0 Å². The Balaban J connectivity index is 2.23. The standard InChI is InChI=1S/C13H16S2/c1-9(2)11-6-7-13(15-11)10(3)12-5-4-8-14-12/h4-10H,1-3H3. The third kappa shape index (κ3) is 2.32. The molecule has 2 aromatic rings. The summed E-state index contributed by atoms with van der Waals surface area (Å²) in [7, 11) is 0. The molecular formula is C13H16S2. The van der Waals surface area contributed by atoms with Crippen LogP contribution in [0.5, 0.6) is 0 Å². The van der Waals surface area contributed by atoms with Crippen molar-refractivity contribution in [1.82, 2.24) is 0 Å². The van der Waals surface area contributed by atoms with E-state index in [4.69, 9.17) is 0 Å². The van der Waals surface area contributed by atoms with Crippen LogP contribution in [0.3, 0.4) is 0 Å². The maximum absolute atomic E-state index is 2.29. The Morgan fingerprint density at radius 3 is 2.20 bits per heavy atom. The van der Waals surface area contributed by atoms with Crippen molar-refractivity contribution in [3.8, 4) is 0 Å². The lowest BCUT2D eigenvalue weighted by Crippen LogP contribution is -1.87. The summed E-state index contributed by atoms with van der Waals surface area (Å²) >= 11 is 3.80. The largest absolute Gasteiger partial charge is 0.148 e. The van der Waals surface area contributed by atoms with Crippen LogP contribution in [0.2, 0.25) is 0 Å². The fraction of sp³-hybridized carbons (Fsp3) is 0.385. The lowest BCUT2D eigenvalue weighted by Gasteiger charge is -2.06. The maximum Gasteiger partial charge on any atom is 0.0249 e. The summed E-state index contributed by atoms with van der Waals surface area (Å²) in [6.07, 6.45) is 0. The summed E-state index contributed by atoms with van der Waals surface area (Å²) in [5, 5.41) is 2.16. The normalized spacial score (nSPS) is 13.3. The summed E-state index contributed by atoms with van der Waals surface area (Å²) in [5.74, 6) is 1.21. The predicted octanol–water partition coefficient (Wildman–Crippen LogP) is 5.08. The van der Waals surface area contributed by atoms with Crippen molar-refractivity contribution in [2.75, 3.05) is 0 Å². The van der Waals surface area contributed by atoms with Gasteiger partial charge in [-0.15, -0.1) is 22.7 Å². The van der Waals surface area contributed by atoms with E-state index in [1.165, 1.54) is 14.6 Å². The Bertz CT molecular complexity index is 409. The van der Waals surface area contributed by atoms with Crippen LogP contribution in [-0.4, -0.2) is 0 Å². The average Bonchev–Trinajstić information content (AvgIpc) is 2.88. The first-order valence-corrected chi connectivity index (χ1v) is 7.01. The molecule has 0 aliphatic carbocycles. The molecule has 2 aromatic heterocycles. The third-order valence-corrected chi connectivity index (χ3v) is 5.24. The van der Waals surface area contributed by atoms with Crippen LogP contribution in [0.1, 0.15) is 47.2 Å². The van der Waals surface area contributed by atoms with Gasteiger partial charge in [0, 0.05) is 20.5 Å². The van der Waals surface area contributed by atoms with E-state index in [9.17, 15) is 0 Å². The lowest BCUT2D eigenvalue weighted by molar-refractivity contribution is 0.890. The molecule has 15 heavy (non-hydrogen) atoms. The van der Waals surface area contributed by atoms with Gasteiger partial charge in [0.1, 0.15) is 0 Å². The summed E-state index contributed by atoms with van der Waals surface area (Å²) in [5.41, 5.74) is 0. The van der Waals surface area contributed by atoms with Gasteiger partial charge in [-0.05, 0) is 29.5 Å². The van der Waals surface area contributed by atoms with E-state index in [2.05, 4.69) is 50.4 Å². The first-order chi connectivity index (χ1) is 7.18. The molecule has 0 bridgehead atoms. The second kappa shape index (κ2) is 4.50. The maximum atomic E-state index is 2.29. The average molecular weight is 236 g/mol. The lowest BCUT2D eigenvalue weighted by atomic mass is 10.1. The van der Waals surface area contributed by atoms with Crippen LogP contribution in [0.4, 0.5) is 0 Å². The van der Waals surface area contributed by atoms with Crippen molar-refractivity contribution in [2.24, 2.45) is 0 Å². The molecule has 2 rings (SSSR count). The molecule has 0 saturated heterocycles. The van der Waals surface area contributed by atoms with Gasteiger partial charge in [-0.2, -0.15) is 0 Å². The van der Waals surface area contributed by atoms with Gasteiger partial charge in [-0.3, -0.25) is 0 Å². The first-order valence-electron chi connectivity index (χ1n) is 5.31. The Labute approximate surface area is 99.6 Å². The molecule has 0 saturated carbocycles. The minimum Gasteiger partial charge on any atom is -0.148 e. The molecule has 0 aliphatic heterocycles. The number of rotatable bonds is 3. The second-order valence-electron chi connectivity index (χ2n) is 4.13. The van der Waals surface area contributed by atoms with Crippen molar-refractivity contribution >= 4 is 22.7 Å². The fourth-order valence-electron chi connectivity index (χ4n) is 1.59. The van der Waals surface area contributed by atoms with Crippen molar-refractivity contribution in [3.63, 3.8) is 0 Å². The summed E-state index contributed by atoms with van der Waals surface area (Å²) in [6.45, 7) is 6.80. The zero-order chi connectivity index (χ0) is 10.8. The summed E-state index contributed by atoms with van der Waals surface area (Å²) < 4.78 is 0. The number of hydrogen-bond acceptors (Lipinski definition) is 2. The van der Waals surface area contributed by atoms with Gasteiger partial charge in [0.2, 0.25) is 0 Å². The van der Waals surface area contributed by atoms with Crippen LogP contribution >= 0.6 is 22.7 Å². The van der Waals surface area contributed by atoms with E-state index in [1.807, 2.05) is 22.7 Å². The number of hydrogen-bond donors (Lipinski definition) is 0. The minimum absolute atomic E-state index is 0.558. The smallest absolute Gasteiger partial charge is 0.0249 e. The van der Waals surface area contributed by atoms with Gasteiger partial charge in [0.05, 0.1) is 0 Å². The van der Waals surface area contributed by atoms with Gasteiger partial charge < -0.3 is 0 Å². The molecule has 1 atom stereocenters. The van der Waals surface area contributed by atoms with E-state index >= 15 is 0 Å². The van der Waals surface area contributed by atoms with Crippen molar-refractivity contribution in [2.45, 2.75) is 32.6 Å². The highest BCUT2D eigenvalue weighted by Gasteiger charge is 2.12. The predicted molar refractivity (Wildman–Crippen MR) is 70.2 cm³/mol. The van der Waals surface area contributed by atoms with Crippen LogP contribution in [-0.2, 0) is 0 Å². The molecule has 0 radical (unpaired) electrons. The topological polar surface area (TPSA) is 0 Å². The highest BCUT2D eigenvalue weighted by atomic mass is 32.1. The fourth-order valence-corrected chi connectivity index (χ4v) is 3.55. The first kappa shape index (κ1) is 10.9. The molecule has 0 amide bonds. The van der Waals surface area contributed by atoms with Gasteiger partial charge >= 0.3 is 0 Å². The summed E-state index contributed by atoms with van der Waals surface area (Å²) in [4.78, 5) is 4.45. The van der Waals surface area contributed by atoms with Gasteiger partial charge in [-0.25, -0.2) is 0 Å². The van der Waals surface area contributed by atoms with Crippen molar-refractivity contribution in [3.05, 3.63) is 44.3 Å². The molecule has 0 nitrogen and oxygen atoms in total.